The molecule has 7 nitrogen and oxygen atoms in total. The van der Waals surface area contributed by atoms with E-state index in [1.807, 2.05) is 6.92 Å². The summed E-state index contributed by atoms with van der Waals surface area (Å²) in [5.74, 6) is 0.448. The normalized spacial score (nSPS) is 10.6. The second kappa shape index (κ2) is 11.1. The quantitative estimate of drug-likeness (QED) is 0.208. The second-order valence-electron chi connectivity index (χ2n) is 6.46. The van der Waals surface area contributed by atoms with Gasteiger partial charge in [-0.05, 0) is 79.2 Å². The summed E-state index contributed by atoms with van der Waals surface area (Å²) in [6, 6.07) is 18.5. The van der Waals surface area contributed by atoms with Gasteiger partial charge in [0.15, 0.2) is 11.5 Å². The minimum atomic E-state index is -0.519. The number of ether oxygens (including phenoxy) is 3. The molecule has 0 unspecified atom stereocenters. The van der Waals surface area contributed by atoms with E-state index in [2.05, 4.69) is 26.5 Å². The van der Waals surface area contributed by atoms with E-state index in [9.17, 15) is 9.59 Å². The molecule has 1 amide bonds. The van der Waals surface area contributed by atoms with Crippen LogP contribution < -0.4 is 19.6 Å². The van der Waals surface area contributed by atoms with Crippen molar-refractivity contribution in [1.82, 2.24) is 5.43 Å². The zero-order chi connectivity index (χ0) is 22.9. The number of hydrazone groups is 1. The molecule has 0 aliphatic rings. The molecule has 0 spiro atoms. The molecule has 0 bridgehead atoms. The number of rotatable bonds is 8. The van der Waals surface area contributed by atoms with E-state index in [1.54, 1.807) is 66.7 Å². The first-order chi connectivity index (χ1) is 15.5. The Labute approximate surface area is 194 Å². The Morgan fingerprint density at radius 3 is 2.31 bits per heavy atom. The maximum Gasteiger partial charge on any atom is 0.343 e. The monoisotopic (exact) mass is 496 g/mol. The van der Waals surface area contributed by atoms with Crippen molar-refractivity contribution in [2.45, 2.75) is 6.92 Å². The Morgan fingerprint density at radius 2 is 1.66 bits per heavy atom. The topological polar surface area (TPSA) is 86.2 Å². The number of methoxy groups -OCH3 is 1. The Kier molecular flexibility index (Phi) is 7.99. The van der Waals surface area contributed by atoms with Gasteiger partial charge in [-0.15, -0.1) is 0 Å². The van der Waals surface area contributed by atoms with Crippen LogP contribution in [0.15, 0.2) is 76.3 Å². The van der Waals surface area contributed by atoms with Gasteiger partial charge in [0.1, 0.15) is 5.75 Å². The van der Waals surface area contributed by atoms with E-state index >= 15 is 0 Å². The highest BCUT2D eigenvalue weighted by Gasteiger charge is 2.13. The molecule has 0 radical (unpaired) electrons. The number of nitrogens with zero attached hydrogens (tertiary/aromatic N) is 1. The van der Waals surface area contributed by atoms with Gasteiger partial charge < -0.3 is 14.2 Å². The predicted molar refractivity (Wildman–Crippen MR) is 125 cm³/mol. The molecule has 0 aliphatic carbocycles. The van der Waals surface area contributed by atoms with Crippen LogP contribution in [0.1, 0.15) is 33.2 Å². The summed E-state index contributed by atoms with van der Waals surface area (Å²) in [6.45, 7) is 2.43. The van der Waals surface area contributed by atoms with Gasteiger partial charge in [-0.2, -0.15) is 5.10 Å². The standard InChI is InChI=1S/C24H21BrN2O5/c1-3-31-20-11-7-18(8-12-20)24(29)32-21-13-4-16(14-22(21)30-2)15-26-27-23(28)17-5-9-19(25)10-6-17/h4-15H,3H2,1-2H3,(H,27,28)/b26-15+. The van der Waals surface area contributed by atoms with Gasteiger partial charge in [0.05, 0.1) is 25.5 Å². The van der Waals surface area contributed by atoms with Crippen LogP contribution >= 0.6 is 15.9 Å². The first-order valence-corrected chi connectivity index (χ1v) is 10.5. The van der Waals surface area contributed by atoms with Crippen molar-refractivity contribution in [3.05, 3.63) is 87.9 Å². The zero-order valence-electron chi connectivity index (χ0n) is 17.5. The number of esters is 1. The highest BCUT2D eigenvalue weighted by molar-refractivity contribution is 9.10. The van der Waals surface area contributed by atoms with Crippen LogP contribution in [0, 0.1) is 0 Å². The van der Waals surface area contributed by atoms with Crippen molar-refractivity contribution in [3.63, 3.8) is 0 Å². The first kappa shape index (κ1) is 23.0. The summed E-state index contributed by atoms with van der Waals surface area (Å²) in [6.07, 6.45) is 1.47. The van der Waals surface area contributed by atoms with Crippen LogP contribution in [0.25, 0.3) is 0 Å². The minimum Gasteiger partial charge on any atom is -0.494 e. The highest BCUT2D eigenvalue weighted by atomic mass is 79.9. The largest absolute Gasteiger partial charge is 0.494 e. The van der Waals surface area contributed by atoms with Crippen molar-refractivity contribution in [3.8, 4) is 17.2 Å². The second-order valence-corrected chi connectivity index (χ2v) is 7.38. The van der Waals surface area contributed by atoms with Gasteiger partial charge >= 0.3 is 5.97 Å². The number of benzene rings is 3. The number of hydrogen-bond acceptors (Lipinski definition) is 6. The molecule has 0 aliphatic heterocycles. The maximum absolute atomic E-state index is 12.4. The SMILES string of the molecule is CCOc1ccc(C(=O)Oc2ccc(/C=N/NC(=O)c3ccc(Br)cc3)cc2OC)cc1. The van der Waals surface area contributed by atoms with Gasteiger partial charge in [0.2, 0.25) is 0 Å². The number of carbonyl (C=O) groups is 2. The van der Waals surface area contributed by atoms with Gasteiger partial charge in [-0.3, -0.25) is 4.79 Å². The highest BCUT2D eigenvalue weighted by Crippen LogP contribution is 2.28. The van der Waals surface area contributed by atoms with E-state index in [1.165, 1.54) is 13.3 Å². The van der Waals surface area contributed by atoms with Crippen molar-refractivity contribution in [2.75, 3.05) is 13.7 Å². The summed E-state index contributed by atoms with van der Waals surface area (Å²) in [7, 11) is 1.47. The van der Waals surface area contributed by atoms with Crippen LogP contribution in [0.5, 0.6) is 17.2 Å². The molecule has 0 saturated heterocycles. The Hall–Kier alpha value is -3.65. The van der Waals surface area contributed by atoms with Crippen LogP contribution in [0.2, 0.25) is 0 Å². The fourth-order valence-corrected chi connectivity index (χ4v) is 2.96. The average Bonchev–Trinajstić information content (AvgIpc) is 2.81. The summed E-state index contributed by atoms with van der Waals surface area (Å²) in [5, 5.41) is 3.97. The lowest BCUT2D eigenvalue weighted by atomic mass is 10.2. The lowest BCUT2D eigenvalue weighted by molar-refractivity contribution is 0.0729. The zero-order valence-corrected chi connectivity index (χ0v) is 19.1. The molecule has 0 heterocycles. The first-order valence-electron chi connectivity index (χ1n) is 9.72. The van der Waals surface area contributed by atoms with E-state index in [4.69, 9.17) is 14.2 Å². The Bertz CT molecular complexity index is 1110. The third kappa shape index (κ3) is 6.18. The molecule has 3 aromatic carbocycles. The molecule has 0 atom stereocenters. The fraction of sp³-hybridized carbons (Fsp3) is 0.125. The van der Waals surface area contributed by atoms with Gasteiger partial charge in [-0.25, -0.2) is 10.2 Å². The molecule has 164 valence electrons. The van der Waals surface area contributed by atoms with Gasteiger partial charge in [0, 0.05) is 10.0 Å². The van der Waals surface area contributed by atoms with Crippen LogP contribution in [0.4, 0.5) is 0 Å². The van der Waals surface area contributed by atoms with Crippen molar-refractivity contribution < 1.29 is 23.8 Å². The summed E-state index contributed by atoms with van der Waals surface area (Å²) >= 11 is 3.32. The smallest absolute Gasteiger partial charge is 0.343 e. The Morgan fingerprint density at radius 1 is 0.969 bits per heavy atom. The molecule has 0 aromatic heterocycles. The molecule has 3 rings (SSSR count). The number of halogens is 1. The Balaban J connectivity index is 1.64. The molecular weight excluding hydrogens is 476 g/mol. The fourth-order valence-electron chi connectivity index (χ4n) is 2.69. The molecule has 0 fully saturated rings. The molecular formula is C24H21BrN2O5. The van der Waals surface area contributed by atoms with E-state index in [0.29, 0.717) is 34.8 Å². The van der Waals surface area contributed by atoms with E-state index < -0.39 is 5.97 Å². The third-order valence-electron chi connectivity index (χ3n) is 4.28. The lowest BCUT2D eigenvalue weighted by Gasteiger charge is -2.10. The average molecular weight is 497 g/mol. The summed E-state index contributed by atoms with van der Waals surface area (Å²) < 4.78 is 17.1. The van der Waals surface area contributed by atoms with Crippen molar-refractivity contribution in [1.29, 1.82) is 0 Å². The van der Waals surface area contributed by atoms with Crippen molar-refractivity contribution >= 4 is 34.0 Å². The number of amides is 1. The summed E-state index contributed by atoms with van der Waals surface area (Å²) in [5.41, 5.74) is 3.99. The van der Waals surface area contributed by atoms with E-state index in [0.717, 1.165) is 4.47 Å². The molecule has 0 saturated carbocycles. The number of hydrogen-bond donors (Lipinski definition) is 1. The van der Waals surface area contributed by atoms with Crippen LogP contribution in [-0.4, -0.2) is 31.8 Å². The third-order valence-corrected chi connectivity index (χ3v) is 4.81. The molecule has 3 aromatic rings. The minimum absolute atomic E-state index is 0.266. The molecule has 1 N–H and O–H groups in total. The lowest BCUT2D eigenvalue weighted by Crippen LogP contribution is -2.17. The van der Waals surface area contributed by atoms with Gasteiger partial charge in [-0.1, -0.05) is 15.9 Å². The number of carbonyl (C=O) groups excluding carboxylic acids is 2. The molecule has 32 heavy (non-hydrogen) atoms. The predicted octanol–water partition coefficient (Wildman–Crippen LogP) is 4.84. The maximum atomic E-state index is 12.4. The van der Waals surface area contributed by atoms with Crippen molar-refractivity contribution in [2.24, 2.45) is 5.10 Å². The summed E-state index contributed by atoms with van der Waals surface area (Å²) in [4.78, 5) is 24.6. The number of nitrogens with one attached hydrogen (secondary N) is 1. The van der Waals surface area contributed by atoms with Gasteiger partial charge in [0.25, 0.3) is 5.91 Å². The van der Waals surface area contributed by atoms with E-state index in [-0.39, 0.29) is 11.7 Å². The van der Waals surface area contributed by atoms with Crippen LogP contribution in [-0.2, 0) is 0 Å². The molecule has 8 heteroatoms. The van der Waals surface area contributed by atoms with Crippen LogP contribution in [0.3, 0.4) is 0 Å².